The van der Waals surface area contributed by atoms with Crippen LogP contribution in [0.4, 0.5) is 11.4 Å². The Labute approximate surface area is 158 Å². The number of benzene rings is 2. The van der Waals surface area contributed by atoms with Crippen LogP contribution in [0.3, 0.4) is 0 Å². The van der Waals surface area contributed by atoms with E-state index in [-0.39, 0.29) is 22.3 Å². The molecule has 136 valence electrons. The molecule has 2 aromatic carbocycles. The van der Waals surface area contributed by atoms with Gasteiger partial charge in [0.25, 0.3) is 5.69 Å². The van der Waals surface area contributed by atoms with Crippen LogP contribution in [0.25, 0.3) is 0 Å². The summed E-state index contributed by atoms with van der Waals surface area (Å²) in [5.74, 6) is 1.02. The number of nitro benzene ring substituents is 1. The lowest BCUT2D eigenvalue weighted by Gasteiger charge is -2.19. The van der Waals surface area contributed by atoms with Gasteiger partial charge in [-0.15, -0.1) is 11.8 Å². The topological polar surface area (TPSA) is 90.7 Å². The van der Waals surface area contributed by atoms with Gasteiger partial charge in [-0.3, -0.25) is 14.9 Å². The summed E-state index contributed by atoms with van der Waals surface area (Å²) in [6.45, 7) is 2.74. The highest BCUT2D eigenvalue weighted by atomic mass is 35.5. The van der Waals surface area contributed by atoms with Gasteiger partial charge >= 0.3 is 0 Å². The molecule has 0 spiro atoms. The Kier molecular flexibility index (Phi) is 5.53. The third-order valence-corrected chi connectivity index (χ3v) is 5.04. The molecule has 0 aromatic heterocycles. The number of carbonyl (C=O) groups is 1. The number of nitrogens with zero attached hydrogens (tertiary/aromatic N) is 1. The largest absolute Gasteiger partial charge is 0.486 e. The van der Waals surface area contributed by atoms with Crippen LogP contribution in [0.5, 0.6) is 11.5 Å². The van der Waals surface area contributed by atoms with E-state index < -0.39 is 10.2 Å². The van der Waals surface area contributed by atoms with Crippen LogP contribution in [0.2, 0.25) is 5.02 Å². The van der Waals surface area contributed by atoms with Crippen molar-refractivity contribution in [1.82, 2.24) is 0 Å². The summed E-state index contributed by atoms with van der Waals surface area (Å²) in [6.07, 6.45) is 0. The molecule has 1 aliphatic heterocycles. The van der Waals surface area contributed by atoms with Crippen LogP contribution < -0.4 is 14.8 Å². The fourth-order valence-electron chi connectivity index (χ4n) is 2.31. The first-order valence-electron chi connectivity index (χ1n) is 7.75. The monoisotopic (exact) mass is 394 g/mol. The molecular formula is C17H15ClN2O5S. The molecule has 1 aliphatic rings. The number of anilines is 1. The molecule has 1 N–H and O–H groups in total. The van der Waals surface area contributed by atoms with E-state index in [1.165, 1.54) is 30.0 Å². The fraction of sp³-hybridized carbons (Fsp3) is 0.235. The first-order chi connectivity index (χ1) is 12.4. The Hall–Kier alpha value is -2.45. The highest BCUT2D eigenvalue weighted by Gasteiger charge is 2.19. The van der Waals surface area contributed by atoms with Gasteiger partial charge in [0, 0.05) is 17.0 Å². The molecule has 1 amide bonds. The van der Waals surface area contributed by atoms with E-state index in [2.05, 4.69) is 5.32 Å². The number of thioether (sulfide) groups is 1. The lowest BCUT2D eigenvalue weighted by atomic mass is 10.2. The van der Waals surface area contributed by atoms with Crippen molar-refractivity contribution in [3.8, 4) is 11.5 Å². The van der Waals surface area contributed by atoms with E-state index in [9.17, 15) is 14.9 Å². The van der Waals surface area contributed by atoms with Gasteiger partial charge in [-0.1, -0.05) is 11.6 Å². The second-order valence-corrected chi connectivity index (χ2v) is 7.30. The highest BCUT2D eigenvalue weighted by molar-refractivity contribution is 8.00. The van der Waals surface area contributed by atoms with Crippen molar-refractivity contribution < 1.29 is 19.2 Å². The van der Waals surface area contributed by atoms with Gasteiger partial charge in [-0.2, -0.15) is 0 Å². The molecule has 0 saturated heterocycles. The summed E-state index contributed by atoms with van der Waals surface area (Å²) in [5, 5.41) is 13.3. The number of halogens is 1. The third-order valence-electron chi connectivity index (χ3n) is 3.61. The number of nitrogens with one attached hydrogen (secondary N) is 1. The molecule has 1 heterocycles. The van der Waals surface area contributed by atoms with E-state index in [4.69, 9.17) is 21.1 Å². The highest BCUT2D eigenvalue weighted by Crippen LogP contribution is 2.36. The van der Waals surface area contributed by atoms with Crippen molar-refractivity contribution in [2.75, 3.05) is 18.5 Å². The molecular weight excluding hydrogens is 380 g/mol. The van der Waals surface area contributed by atoms with Crippen molar-refractivity contribution in [3.05, 3.63) is 51.5 Å². The Balaban J connectivity index is 1.68. The van der Waals surface area contributed by atoms with Gasteiger partial charge in [0.2, 0.25) is 5.91 Å². The number of amides is 1. The molecule has 0 aliphatic carbocycles. The molecule has 3 rings (SSSR count). The fourth-order valence-corrected chi connectivity index (χ4v) is 3.37. The molecule has 9 heteroatoms. The zero-order valence-corrected chi connectivity index (χ0v) is 15.3. The lowest BCUT2D eigenvalue weighted by Crippen LogP contribution is -2.22. The predicted octanol–water partition coefficient (Wildman–Crippen LogP) is 4.14. The minimum Gasteiger partial charge on any atom is -0.486 e. The second kappa shape index (κ2) is 7.84. The van der Waals surface area contributed by atoms with E-state index in [0.717, 1.165) is 4.90 Å². The molecule has 0 bridgehead atoms. The number of non-ortho nitro benzene ring substituents is 1. The van der Waals surface area contributed by atoms with Crippen molar-refractivity contribution >= 4 is 40.6 Å². The van der Waals surface area contributed by atoms with Gasteiger partial charge in [-0.05, 0) is 31.2 Å². The van der Waals surface area contributed by atoms with Gasteiger partial charge < -0.3 is 14.8 Å². The molecule has 1 atom stereocenters. The maximum absolute atomic E-state index is 12.4. The van der Waals surface area contributed by atoms with E-state index >= 15 is 0 Å². The maximum atomic E-state index is 12.4. The van der Waals surface area contributed by atoms with Crippen molar-refractivity contribution in [3.63, 3.8) is 0 Å². The summed E-state index contributed by atoms with van der Waals surface area (Å²) >= 11 is 7.35. The summed E-state index contributed by atoms with van der Waals surface area (Å²) in [5.41, 5.74) is 0.0670. The second-order valence-electron chi connectivity index (χ2n) is 5.48. The van der Waals surface area contributed by atoms with Gasteiger partial charge in [0.05, 0.1) is 20.9 Å². The third kappa shape index (κ3) is 4.20. The molecule has 0 radical (unpaired) electrons. The standard InChI is InChI=1S/C17H15ClN2O5S/c1-10(26-12-3-5-15-16(9-12)25-7-6-24-15)17(21)19-14-8-11(20(22)23)2-4-13(14)18/h2-5,8-10H,6-7H2,1H3,(H,19,21)/t10-/m1/s1. The molecule has 2 aromatic rings. The van der Waals surface area contributed by atoms with E-state index in [1.54, 1.807) is 13.0 Å². The van der Waals surface area contributed by atoms with Crippen molar-refractivity contribution in [2.45, 2.75) is 17.1 Å². The molecule has 7 nitrogen and oxygen atoms in total. The minimum absolute atomic E-state index is 0.142. The number of ether oxygens (including phenoxy) is 2. The Morgan fingerprint density at radius 2 is 1.96 bits per heavy atom. The predicted molar refractivity (Wildman–Crippen MR) is 99.5 cm³/mol. The van der Waals surface area contributed by atoms with Crippen LogP contribution in [-0.2, 0) is 4.79 Å². The molecule has 0 fully saturated rings. The van der Waals surface area contributed by atoms with E-state index in [1.807, 2.05) is 12.1 Å². The zero-order valence-electron chi connectivity index (χ0n) is 13.7. The van der Waals surface area contributed by atoms with E-state index in [0.29, 0.717) is 24.7 Å². The normalized spacial score (nSPS) is 13.8. The maximum Gasteiger partial charge on any atom is 0.271 e. The minimum atomic E-state index is -0.542. The number of fused-ring (bicyclic) bond motifs is 1. The SMILES string of the molecule is C[C@@H](Sc1ccc2c(c1)OCCO2)C(=O)Nc1cc([N+](=O)[O-])ccc1Cl. The van der Waals surface area contributed by atoms with Crippen LogP contribution >= 0.6 is 23.4 Å². The van der Waals surface area contributed by atoms with Crippen molar-refractivity contribution in [2.24, 2.45) is 0 Å². The molecule has 0 unspecified atom stereocenters. The van der Waals surface area contributed by atoms with Crippen LogP contribution in [0, 0.1) is 10.1 Å². The summed E-state index contributed by atoms with van der Waals surface area (Å²) in [4.78, 5) is 23.6. The zero-order chi connectivity index (χ0) is 18.7. The lowest BCUT2D eigenvalue weighted by molar-refractivity contribution is -0.384. The summed E-state index contributed by atoms with van der Waals surface area (Å²) in [7, 11) is 0. The van der Waals surface area contributed by atoms with Crippen molar-refractivity contribution in [1.29, 1.82) is 0 Å². The molecule has 26 heavy (non-hydrogen) atoms. The first kappa shape index (κ1) is 18.3. The Morgan fingerprint density at radius 1 is 1.23 bits per heavy atom. The number of hydrogen-bond acceptors (Lipinski definition) is 6. The average molecular weight is 395 g/mol. The van der Waals surface area contributed by atoms with Crippen LogP contribution in [0.15, 0.2) is 41.3 Å². The summed E-state index contributed by atoms with van der Waals surface area (Å²) in [6, 6.07) is 9.38. The van der Waals surface area contributed by atoms with Gasteiger partial charge in [0.1, 0.15) is 13.2 Å². The quantitative estimate of drug-likeness (QED) is 0.465. The number of rotatable bonds is 5. The van der Waals surface area contributed by atoms with Gasteiger partial charge in [0.15, 0.2) is 11.5 Å². The first-order valence-corrected chi connectivity index (χ1v) is 9.01. The average Bonchev–Trinajstić information content (AvgIpc) is 2.63. The molecule has 0 saturated carbocycles. The van der Waals surface area contributed by atoms with Crippen LogP contribution in [0.1, 0.15) is 6.92 Å². The van der Waals surface area contributed by atoms with Gasteiger partial charge in [-0.25, -0.2) is 0 Å². The Morgan fingerprint density at radius 3 is 2.69 bits per heavy atom. The van der Waals surface area contributed by atoms with Crippen LogP contribution in [-0.4, -0.2) is 29.3 Å². The number of carbonyl (C=O) groups excluding carboxylic acids is 1. The smallest absolute Gasteiger partial charge is 0.271 e. The Bertz CT molecular complexity index is 861. The number of hydrogen-bond donors (Lipinski definition) is 1. The summed E-state index contributed by atoms with van der Waals surface area (Å²) < 4.78 is 11.0. The number of nitro groups is 1.